The number of aromatic nitrogens is 1. The lowest BCUT2D eigenvalue weighted by atomic mass is 9.90. The van der Waals surface area contributed by atoms with Crippen LogP contribution in [0.5, 0.6) is 0 Å². The zero-order valence-corrected chi connectivity index (χ0v) is 10.3. The molecule has 0 atom stereocenters. The zero-order valence-electron chi connectivity index (χ0n) is 9.55. The molecular weight excluding hydrogens is 243 g/mol. The molecule has 2 rings (SSSR count). The van der Waals surface area contributed by atoms with Gasteiger partial charge >= 0.3 is 0 Å². The van der Waals surface area contributed by atoms with Gasteiger partial charge in [0.15, 0.2) is 5.67 Å². The molecule has 17 heavy (non-hydrogen) atoms. The lowest BCUT2D eigenvalue weighted by molar-refractivity contribution is 0.110. The quantitative estimate of drug-likeness (QED) is 0.869. The van der Waals surface area contributed by atoms with Gasteiger partial charge in [0.25, 0.3) is 0 Å². The fourth-order valence-electron chi connectivity index (χ4n) is 2.13. The molecule has 1 aliphatic rings. The SMILES string of the molecule is OCCc1cnc(C2(F)CCNCC2)c(Cl)c1. The fourth-order valence-corrected chi connectivity index (χ4v) is 2.49. The van der Waals surface area contributed by atoms with Crippen molar-refractivity contribution < 1.29 is 9.50 Å². The highest BCUT2D eigenvalue weighted by Crippen LogP contribution is 2.37. The van der Waals surface area contributed by atoms with Crippen molar-refractivity contribution in [3.05, 3.63) is 28.5 Å². The standard InChI is InChI=1S/C12H16ClFN2O/c13-10-7-9(1-6-17)8-16-11(10)12(14)2-4-15-5-3-12/h7-8,15,17H,1-6H2. The molecule has 2 N–H and O–H groups in total. The Balaban J connectivity index is 2.25. The first kappa shape index (κ1) is 12.7. The first-order valence-corrected chi connectivity index (χ1v) is 6.19. The highest BCUT2D eigenvalue weighted by atomic mass is 35.5. The monoisotopic (exact) mass is 258 g/mol. The van der Waals surface area contributed by atoms with Crippen LogP contribution in [0.15, 0.2) is 12.3 Å². The van der Waals surface area contributed by atoms with Crippen molar-refractivity contribution in [3.63, 3.8) is 0 Å². The van der Waals surface area contributed by atoms with Crippen LogP contribution in [0.3, 0.4) is 0 Å². The maximum Gasteiger partial charge on any atom is 0.156 e. The molecule has 0 spiro atoms. The van der Waals surface area contributed by atoms with Gasteiger partial charge in [-0.1, -0.05) is 11.6 Å². The summed E-state index contributed by atoms with van der Waals surface area (Å²) in [5.41, 5.74) is -0.249. The van der Waals surface area contributed by atoms with Crippen molar-refractivity contribution in [1.29, 1.82) is 0 Å². The van der Waals surface area contributed by atoms with Gasteiger partial charge in [-0.3, -0.25) is 4.98 Å². The van der Waals surface area contributed by atoms with Crippen LogP contribution in [0.4, 0.5) is 4.39 Å². The van der Waals surface area contributed by atoms with Crippen molar-refractivity contribution in [3.8, 4) is 0 Å². The molecular formula is C12H16ClFN2O. The molecule has 5 heteroatoms. The van der Waals surface area contributed by atoms with Crippen molar-refractivity contribution >= 4 is 11.6 Å². The van der Waals surface area contributed by atoms with Gasteiger partial charge in [0.1, 0.15) is 0 Å². The van der Waals surface area contributed by atoms with Crippen LogP contribution in [-0.4, -0.2) is 29.8 Å². The van der Waals surface area contributed by atoms with E-state index in [1.807, 2.05) is 0 Å². The van der Waals surface area contributed by atoms with Crippen molar-refractivity contribution in [2.24, 2.45) is 0 Å². The van der Waals surface area contributed by atoms with Crippen LogP contribution in [-0.2, 0) is 12.1 Å². The molecule has 1 aliphatic heterocycles. The summed E-state index contributed by atoms with van der Waals surface area (Å²) in [4.78, 5) is 4.15. The number of hydrogen-bond donors (Lipinski definition) is 2. The number of nitrogens with one attached hydrogen (secondary N) is 1. The van der Waals surface area contributed by atoms with Crippen LogP contribution in [0.2, 0.25) is 5.02 Å². The van der Waals surface area contributed by atoms with E-state index in [9.17, 15) is 4.39 Å². The van der Waals surface area contributed by atoms with Gasteiger partial charge < -0.3 is 10.4 Å². The highest BCUT2D eigenvalue weighted by molar-refractivity contribution is 6.31. The Bertz CT molecular complexity index is 394. The minimum Gasteiger partial charge on any atom is -0.396 e. The van der Waals surface area contributed by atoms with Crippen molar-refractivity contribution in [1.82, 2.24) is 10.3 Å². The van der Waals surface area contributed by atoms with E-state index in [1.165, 1.54) is 0 Å². The lowest BCUT2D eigenvalue weighted by Crippen LogP contribution is -2.37. The molecule has 1 fully saturated rings. The van der Waals surface area contributed by atoms with Crippen molar-refractivity contribution in [2.45, 2.75) is 24.9 Å². The summed E-state index contributed by atoms with van der Waals surface area (Å²) < 4.78 is 14.6. The maximum atomic E-state index is 14.6. The Labute approximate surface area is 105 Å². The van der Waals surface area contributed by atoms with Gasteiger partial charge in [0.05, 0.1) is 10.7 Å². The van der Waals surface area contributed by atoms with Crippen LogP contribution < -0.4 is 5.32 Å². The Morgan fingerprint density at radius 1 is 1.47 bits per heavy atom. The van der Waals surface area contributed by atoms with Crippen LogP contribution in [0.25, 0.3) is 0 Å². The molecule has 0 bridgehead atoms. The van der Waals surface area contributed by atoms with Crippen molar-refractivity contribution in [2.75, 3.05) is 19.7 Å². The summed E-state index contributed by atoms with van der Waals surface area (Å²) in [5.74, 6) is 0. The summed E-state index contributed by atoms with van der Waals surface area (Å²) >= 11 is 6.08. The van der Waals surface area contributed by atoms with Gasteiger partial charge in [-0.15, -0.1) is 0 Å². The average Bonchev–Trinajstić information content (AvgIpc) is 2.30. The van der Waals surface area contributed by atoms with Gasteiger partial charge in [-0.05, 0) is 44.0 Å². The number of rotatable bonds is 3. The number of aliphatic hydroxyl groups is 1. The number of alkyl halides is 1. The predicted octanol–water partition coefficient (Wildman–Crippen LogP) is 1.82. The van der Waals surface area contributed by atoms with E-state index in [1.54, 1.807) is 12.3 Å². The maximum absolute atomic E-state index is 14.6. The molecule has 1 aromatic rings. The smallest absolute Gasteiger partial charge is 0.156 e. The third-order valence-corrected chi connectivity index (χ3v) is 3.41. The molecule has 0 aliphatic carbocycles. The Kier molecular flexibility index (Phi) is 3.97. The van der Waals surface area contributed by atoms with Gasteiger partial charge in [-0.25, -0.2) is 4.39 Å². The van der Waals surface area contributed by atoms with Gasteiger partial charge in [-0.2, -0.15) is 0 Å². The second-order valence-electron chi connectivity index (χ2n) is 4.36. The van der Waals surface area contributed by atoms with E-state index in [2.05, 4.69) is 10.3 Å². The normalized spacial score (nSPS) is 19.2. The summed E-state index contributed by atoms with van der Waals surface area (Å²) in [6, 6.07) is 1.70. The molecule has 0 saturated carbocycles. The molecule has 94 valence electrons. The predicted molar refractivity (Wildman–Crippen MR) is 64.9 cm³/mol. The number of hydrogen-bond acceptors (Lipinski definition) is 3. The molecule has 0 amide bonds. The van der Waals surface area contributed by atoms with E-state index in [4.69, 9.17) is 16.7 Å². The molecule has 0 aromatic carbocycles. The minimum atomic E-state index is -1.42. The largest absolute Gasteiger partial charge is 0.396 e. The third-order valence-electron chi connectivity index (χ3n) is 3.12. The number of piperidine rings is 1. The third kappa shape index (κ3) is 2.76. The summed E-state index contributed by atoms with van der Waals surface area (Å²) in [7, 11) is 0. The molecule has 1 saturated heterocycles. The number of nitrogens with zero attached hydrogens (tertiary/aromatic N) is 1. The first-order valence-electron chi connectivity index (χ1n) is 5.81. The molecule has 3 nitrogen and oxygen atoms in total. The number of pyridine rings is 1. The second-order valence-corrected chi connectivity index (χ2v) is 4.77. The highest BCUT2D eigenvalue weighted by Gasteiger charge is 2.36. The van der Waals surface area contributed by atoms with Crippen LogP contribution in [0.1, 0.15) is 24.1 Å². The van der Waals surface area contributed by atoms with E-state index < -0.39 is 5.67 Å². The Hall–Kier alpha value is -0.710. The average molecular weight is 259 g/mol. The summed E-state index contributed by atoms with van der Waals surface area (Å²) in [6.07, 6.45) is 2.90. The van der Waals surface area contributed by atoms with E-state index in [-0.39, 0.29) is 6.61 Å². The van der Waals surface area contributed by atoms with E-state index in [0.717, 1.165) is 5.56 Å². The minimum absolute atomic E-state index is 0.0437. The summed E-state index contributed by atoms with van der Waals surface area (Å²) in [6.45, 7) is 1.34. The molecule has 1 aromatic heterocycles. The Morgan fingerprint density at radius 3 is 2.76 bits per heavy atom. The van der Waals surface area contributed by atoms with Crippen LogP contribution in [0, 0.1) is 0 Å². The van der Waals surface area contributed by atoms with E-state index in [0.29, 0.717) is 43.1 Å². The molecule has 0 radical (unpaired) electrons. The number of aliphatic hydroxyl groups excluding tert-OH is 1. The fraction of sp³-hybridized carbons (Fsp3) is 0.583. The topological polar surface area (TPSA) is 45.2 Å². The molecule has 2 heterocycles. The second kappa shape index (κ2) is 5.29. The van der Waals surface area contributed by atoms with Gasteiger partial charge in [0, 0.05) is 12.8 Å². The summed E-state index contributed by atoms with van der Waals surface area (Å²) in [5, 5.41) is 12.3. The van der Waals surface area contributed by atoms with Gasteiger partial charge in [0.2, 0.25) is 0 Å². The van der Waals surface area contributed by atoms with E-state index >= 15 is 0 Å². The first-order chi connectivity index (χ1) is 8.15. The lowest BCUT2D eigenvalue weighted by Gasteiger charge is -2.30. The molecule has 0 unspecified atom stereocenters. The number of halogens is 2. The van der Waals surface area contributed by atoms with Crippen LogP contribution >= 0.6 is 11.6 Å². The zero-order chi connectivity index (χ0) is 12.3. The Morgan fingerprint density at radius 2 is 2.18 bits per heavy atom.